The second-order valence-electron chi connectivity index (χ2n) is 22.2. The van der Waals surface area contributed by atoms with Crippen LogP contribution in [-0.4, -0.2) is 187 Å². The lowest BCUT2D eigenvalue weighted by Gasteiger charge is -2.42. The standard InChI is InChI=1S/C60H70N8O23/c1-27(63-57(84)34(16-19-44(75)76)65-41(72)11-6-5-7-20-68-42(73)17-18-43(68)74)55(82)62-28(2)56(83)66-36(21-40(61)71)58(85)64-31-14-12-30(13-15-31)26-89-59(86)67-35-22-45(90-29(3)50(35)77)91-38-24-60(87,39(70)25-69)23-33-47(38)54(81)49-48(52(33)79)51(78)32-9-8-10-37(88-4)46(32)53(49)80/h8-10,12-15,17-18,27-29,34-36,38,45,50,69,77,79,81,87H,5-7,11,16,19-26H2,1-4H3,(H2,61,71)(H,62,82)(H,63,84)(H,64,85)(H,65,72)(H,66,83)(H,67,86)(H,75,76)/t27-,28-,29+,34?,35+,36-,38+,45+,50-,60+/m1/s1. The summed E-state index contributed by atoms with van der Waals surface area (Å²) in [5, 5.41) is 80.0. The van der Waals surface area contributed by atoms with Crippen LogP contribution in [-0.2, 0) is 75.2 Å². The Labute approximate surface area is 518 Å². The lowest BCUT2D eigenvalue weighted by molar-refractivity contribution is -0.249. The number of carbonyl (C=O) groups is 13. The van der Waals surface area contributed by atoms with Crippen LogP contribution in [0.5, 0.6) is 17.2 Å². The van der Waals surface area contributed by atoms with Gasteiger partial charge >= 0.3 is 12.1 Å². The minimum absolute atomic E-state index is 0.000393. The summed E-state index contributed by atoms with van der Waals surface area (Å²) in [6.07, 6.45) is -6.40. The number of unbranched alkanes of at least 4 members (excludes halogenated alkanes) is 2. The van der Waals surface area contributed by atoms with E-state index in [1.165, 1.54) is 70.3 Å². The number of ether oxygens (including phenoxy) is 4. The predicted octanol–water partition coefficient (Wildman–Crippen LogP) is -0.888. The topological polar surface area (TPSA) is 482 Å². The molecular weight excluding hydrogens is 1200 g/mol. The third-order valence-electron chi connectivity index (χ3n) is 15.7. The Morgan fingerprint density at radius 1 is 0.791 bits per heavy atom. The van der Waals surface area contributed by atoms with Crippen molar-refractivity contribution in [3.05, 3.63) is 93.6 Å². The van der Waals surface area contributed by atoms with Crippen molar-refractivity contribution in [1.82, 2.24) is 31.5 Å². The van der Waals surface area contributed by atoms with Gasteiger partial charge < -0.3 is 87.2 Å². The van der Waals surface area contributed by atoms with Gasteiger partial charge in [0.25, 0.3) is 11.8 Å². The number of benzene rings is 3. The number of imide groups is 1. The normalized spacial score (nSPS) is 21.1. The van der Waals surface area contributed by atoms with Gasteiger partial charge in [-0.3, -0.25) is 62.4 Å². The molecule has 31 heteroatoms. The molecule has 3 aromatic carbocycles. The molecule has 4 aliphatic rings. The second kappa shape index (κ2) is 29.7. The van der Waals surface area contributed by atoms with Gasteiger partial charge in [0.15, 0.2) is 17.9 Å². The number of phenolic OH excluding ortho intramolecular Hbond substituents is 2. The SMILES string of the molecule is COc1cccc2c1C(=O)c1c(O)c3c(c(O)c1C2=O)C[C@@](O)(C(=O)CO)C[C@@H]3O[C@H]1C[C@H](NC(=O)OCc2ccc(NC(=O)[C@@H](CC(N)=O)NC(=O)[C@@H](C)NC(=O)[C@@H](C)NC(=O)C(CCC(=O)O)NC(=O)CCCCCN3C(=O)C=CC3=O)cc2)[C@H](O)[C@H](C)O1. The number of nitrogens with zero attached hydrogens (tertiary/aromatic N) is 1. The molecule has 0 spiro atoms. The molecule has 10 atom stereocenters. The van der Waals surface area contributed by atoms with Gasteiger partial charge in [0.05, 0.1) is 48.5 Å². The molecule has 1 fully saturated rings. The van der Waals surface area contributed by atoms with E-state index < -0.39 is 192 Å². The Morgan fingerprint density at radius 3 is 2.08 bits per heavy atom. The molecule has 1 unspecified atom stereocenters. The molecule has 3 aromatic rings. The Balaban J connectivity index is 0.904. The molecule has 14 N–H and O–H groups in total. The number of alkyl carbamates (subject to hydrolysis) is 1. The van der Waals surface area contributed by atoms with E-state index in [0.29, 0.717) is 24.8 Å². The van der Waals surface area contributed by atoms with E-state index >= 15 is 0 Å². The van der Waals surface area contributed by atoms with Crippen molar-refractivity contribution < 1.29 is 112 Å². The summed E-state index contributed by atoms with van der Waals surface area (Å²) >= 11 is 0. The summed E-state index contributed by atoms with van der Waals surface area (Å²) in [6.45, 7) is 2.54. The number of ketones is 3. The van der Waals surface area contributed by atoms with Crippen LogP contribution < -0.4 is 42.4 Å². The maximum Gasteiger partial charge on any atom is 0.407 e. The van der Waals surface area contributed by atoms with E-state index in [-0.39, 0.29) is 66.1 Å². The predicted molar refractivity (Wildman–Crippen MR) is 310 cm³/mol. The third kappa shape index (κ3) is 16.4. The van der Waals surface area contributed by atoms with Gasteiger partial charge in [0, 0.05) is 73.2 Å². The van der Waals surface area contributed by atoms with Crippen LogP contribution in [0.1, 0.15) is 133 Å². The van der Waals surface area contributed by atoms with Gasteiger partial charge in [0.1, 0.15) is 66.3 Å². The zero-order valence-corrected chi connectivity index (χ0v) is 49.7. The Bertz CT molecular complexity index is 3430. The van der Waals surface area contributed by atoms with Gasteiger partial charge in [-0.05, 0) is 63.8 Å². The molecule has 2 aliphatic carbocycles. The fourth-order valence-electron chi connectivity index (χ4n) is 10.8. The monoisotopic (exact) mass is 1270 g/mol. The number of rotatable bonds is 28. The first-order valence-electron chi connectivity index (χ1n) is 28.9. The van der Waals surface area contributed by atoms with E-state index in [2.05, 4.69) is 31.9 Å². The number of carbonyl (C=O) groups excluding carboxylic acids is 12. The third-order valence-corrected chi connectivity index (χ3v) is 15.7. The summed E-state index contributed by atoms with van der Waals surface area (Å²) in [5.74, 6) is -11.9. The quantitative estimate of drug-likeness (QED) is 0.0186. The lowest BCUT2D eigenvalue weighted by atomic mass is 9.72. The molecule has 0 saturated carbocycles. The van der Waals surface area contributed by atoms with Gasteiger partial charge in [-0.15, -0.1) is 0 Å². The number of anilines is 1. The number of phenols is 2. The first-order chi connectivity index (χ1) is 43.0. The maximum absolute atomic E-state index is 14.1. The summed E-state index contributed by atoms with van der Waals surface area (Å²) in [5.41, 5.74) is 1.29. The highest BCUT2D eigenvalue weighted by molar-refractivity contribution is 6.31. The summed E-state index contributed by atoms with van der Waals surface area (Å²) < 4.78 is 22.9. The van der Waals surface area contributed by atoms with Crippen molar-refractivity contribution in [2.24, 2.45) is 5.73 Å². The number of carboxylic acid groups (broad SMARTS) is 1. The van der Waals surface area contributed by atoms with Gasteiger partial charge in [-0.2, -0.15) is 0 Å². The van der Waals surface area contributed by atoms with Crippen molar-refractivity contribution in [2.75, 3.05) is 25.6 Å². The lowest BCUT2D eigenvalue weighted by Crippen LogP contribution is -2.56. The maximum atomic E-state index is 14.1. The minimum atomic E-state index is -2.45. The van der Waals surface area contributed by atoms with Crippen LogP contribution in [0.4, 0.5) is 10.5 Å². The number of aliphatic carboxylic acids is 1. The van der Waals surface area contributed by atoms with E-state index in [4.69, 9.17) is 24.7 Å². The van der Waals surface area contributed by atoms with Crippen LogP contribution in [0.3, 0.4) is 0 Å². The number of aromatic hydroxyl groups is 2. The van der Waals surface area contributed by atoms with E-state index in [1.807, 2.05) is 0 Å². The molecule has 2 aliphatic heterocycles. The average Bonchev–Trinajstić information content (AvgIpc) is 1.61. The average molecular weight is 1270 g/mol. The molecule has 488 valence electrons. The first-order valence-corrected chi connectivity index (χ1v) is 28.9. The van der Waals surface area contributed by atoms with Crippen molar-refractivity contribution in [1.29, 1.82) is 0 Å². The number of aliphatic hydroxyl groups excluding tert-OH is 2. The zero-order chi connectivity index (χ0) is 66.8. The number of nitrogens with two attached hydrogens (primary N) is 1. The molecule has 0 bridgehead atoms. The fourth-order valence-corrected chi connectivity index (χ4v) is 10.8. The highest BCUT2D eigenvalue weighted by Crippen LogP contribution is 2.52. The van der Waals surface area contributed by atoms with Gasteiger partial charge in [0.2, 0.25) is 41.2 Å². The number of aliphatic hydroxyl groups is 3. The van der Waals surface area contributed by atoms with Gasteiger partial charge in [-0.25, -0.2) is 4.79 Å². The van der Waals surface area contributed by atoms with Crippen molar-refractivity contribution >= 4 is 82.4 Å². The van der Waals surface area contributed by atoms with E-state index in [0.717, 1.165) is 17.1 Å². The van der Waals surface area contributed by atoms with Crippen LogP contribution in [0, 0.1) is 0 Å². The number of nitrogens with one attached hydrogen (secondary N) is 6. The van der Waals surface area contributed by atoms with Crippen LogP contribution in [0.25, 0.3) is 0 Å². The van der Waals surface area contributed by atoms with E-state index in [9.17, 15) is 93.0 Å². The van der Waals surface area contributed by atoms with Crippen molar-refractivity contribution in [3.8, 4) is 17.2 Å². The summed E-state index contributed by atoms with van der Waals surface area (Å²) in [7, 11) is 1.26. The Kier molecular flexibility index (Phi) is 22.5. The Hall–Kier alpha value is -9.69. The summed E-state index contributed by atoms with van der Waals surface area (Å²) in [6, 6.07) is 2.98. The number of primary amides is 1. The molecule has 9 amide bonds. The number of hydrogen-bond donors (Lipinski definition) is 13. The van der Waals surface area contributed by atoms with Gasteiger partial charge in [-0.1, -0.05) is 30.7 Å². The van der Waals surface area contributed by atoms with Crippen LogP contribution in [0.2, 0.25) is 0 Å². The number of hydrogen-bond acceptors (Lipinski definition) is 22. The minimum Gasteiger partial charge on any atom is -0.507 e. The van der Waals surface area contributed by atoms with Crippen LogP contribution >= 0.6 is 0 Å². The molecule has 1 saturated heterocycles. The fraction of sp³-hybridized carbons (Fsp3) is 0.450. The van der Waals surface area contributed by atoms with Crippen molar-refractivity contribution in [3.63, 3.8) is 0 Å². The number of fused-ring (bicyclic) bond motifs is 3. The Morgan fingerprint density at radius 2 is 1.44 bits per heavy atom. The highest BCUT2D eigenvalue weighted by Gasteiger charge is 2.51. The van der Waals surface area contributed by atoms with Crippen LogP contribution in [0.15, 0.2) is 54.6 Å². The summed E-state index contributed by atoms with van der Waals surface area (Å²) in [4.78, 5) is 168. The number of amides is 9. The molecule has 2 heterocycles. The first kappa shape index (κ1) is 68.8. The number of carboxylic acids is 1. The van der Waals surface area contributed by atoms with Crippen molar-refractivity contribution in [2.45, 2.75) is 152 Å². The van der Waals surface area contributed by atoms with E-state index in [1.54, 1.807) is 0 Å². The molecular formula is C60H70N8O23. The second-order valence-corrected chi connectivity index (χ2v) is 22.2. The molecule has 7 rings (SSSR count). The number of methoxy groups -OCH3 is 1. The molecule has 0 aromatic heterocycles. The smallest absolute Gasteiger partial charge is 0.407 e. The highest BCUT2D eigenvalue weighted by atomic mass is 16.7. The zero-order valence-electron chi connectivity index (χ0n) is 49.7. The largest absolute Gasteiger partial charge is 0.507 e. The molecule has 91 heavy (non-hydrogen) atoms. The molecule has 31 nitrogen and oxygen atoms in total. The number of Topliss-reactive ketones (excluding diaryl/α,β-unsaturated/α-hetero) is 1. The molecule has 0 radical (unpaired) electrons.